The Hall–Kier alpha value is -3.03. The maximum absolute atomic E-state index is 12.0. The van der Waals surface area contributed by atoms with E-state index in [2.05, 4.69) is 15.7 Å². The lowest BCUT2D eigenvalue weighted by Gasteiger charge is -2.10. The Bertz CT molecular complexity index is 770. The third kappa shape index (κ3) is 4.72. The smallest absolute Gasteiger partial charge is 0.269 e. The number of aryl methyl sites for hydroxylation is 2. The number of nitrogens with one attached hydrogen (secondary N) is 2. The topological polar surface area (TPSA) is 94.5 Å². The van der Waals surface area contributed by atoms with E-state index in [1.807, 2.05) is 6.07 Å². The Morgan fingerprint density at radius 1 is 1.12 bits per heavy atom. The predicted molar refractivity (Wildman–Crippen MR) is 91.7 cm³/mol. The summed E-state index contributed by atoms with van der Waals surface area (Å²) in [7, 11) is 4.79. The highest BCUT2D eigenvalue weighted by Gasteiger charge is 2.13. The highest BCUT2D eigenvalue weighted by Crippen LogP contribution is 2.27. The first-order chi connectivity index (χ1) is 11.9. The Morgan fingerprint density at radius 3 is 2.44 bits per heavy atom. The maximum Gasteiger partial charge on any atom is 0.269 e. The Morgan fingerprint density at radius 2 is 1.84 bits per heavy atom. The van der Waals surface area contributed by atoms with E-state index in [0.717, 1.165) is 11.3 Å². The van der Waals surface area contributed by atoms with Gasteiger partial charge in [0, 0.05) is 13.6 Å². The molecule has 0 unspecified atom stereocenters. The summed E-state index contributed by atoms with van der Waals surface area (Å²) in [4.78, 5) is 23.9. The van der Waals surface area contributed by atoms with E-state index in [0.29, 0.717) is 23.7 Å². The summed E-state index contributed by atoms with van der Waals surface area (Å²) in [5, 5.41) is 9.41. The molecule has 0 saturated heterocycles. The summed E-state index contributed by atoms with van der Waals surface area (Å²) >= 11 is 0. The van der Waals surface area contributed by atoms with Crippen LogP contribution in [0.4, 0.5) is 0 Å². The lowest BCUT2D eigenvalue weighted by atomic mass is 10.2. The van der Waals surface area contributed by atoms with Crippen LogP contribution in [-0.2, 0) is 18.4 Å². The van der Waals surface area contributed by atoms with E-state index >= 15 is 0 Å². The van der Waals surface area contributed by atoms with E-state index in [1.54, 1.807) is 46.4 Å². The first-order valence-corrected chi connectivity index (χ1v) is 7.71. The summed E-state index contributed by atoms with van der Waals surface area (Å²) in [6.45, 7) is 2.00. The highest BCUT2D eigenvalue weighted by atomic mass is 16.5. The molecule has 0 aliphatic rings. The molecule has 0 spiro atoms. The molecule has 25 heavy (non-hydrogen) atoms. The summed E-state index contributed by atoms with van der Waals surface area (Å²) in [5.41, 5.74) is 2.01. The molecule has 0 fully saturated rings. The van der Waals surface area contributed by atoms with Crippen molar-refractivity contribution in [1.29, 1.82) is 0 Å². The summed E-state index contributed by atoms with van der Waals surface area (Å²) in [5.74, 6) is 0.580. The number of carbonyl (C=O) groups is 2. The number of rotatable bonds is 7. The third-order valence-corrected chi connectivity index (χ3v) is 3.58. The van der Waals surface area contributed by atoms with Gasteiger partial charge in [-0.15, -0.1) is 0 Å². The fourth-order valence-electron chi connectivity index (χ4n) is 2.33. The molecule has 1 aromatic heterocycles. The minimum atomic E-state index is -0.343. The lowest BCUT2D eigenvalue weighted by molar-refractivity contribution is -0.120. The van der Waals surface area contributed by atoms with Gasteiger partial charge in [0.2, 0.25) is 5.91 Å². The molecule has 2 aromatic rings. The van der Waals surface area contributed by atoms with Gasteiger partial charge in [0.15, 0.2) is 11.5 Å². The molecule has 0 radical (unpaired) electrons. The average Bonchev–Trinajstić information content (AvgIpc) is 2.95. The number of aromatic nitrogens is 2. The van der Waals surface area contributed by atoms with Gasteiger partial charge in [0.1, 0.15) is 5.69 Å². The van der Waals surface area contributed by atoms with Gasteiger partial charge in [-0.1, -0.05) is 6.07 Å². The van der Waals surface area contributed by atoms with Crippen molar-refractivity contribution in [2.45, 2.75) is 13.5 Å². The Balaban J connectivity index is 1.84. The van der Waals surface area contributed by atoms with E-state index in [1.165, 1.54) is 4.68 Å². The van der Waals surface area contributed by atoms with Crippen molar-refractivity contribution < 1.29 is 19.1 Å². The van der Waals surface area contributed by atoms with E-state index in [-0.39, 0.29) is 18.4 Å². The normalized spacial score (nSPS) is 10.2. The SMILES string of the molecule is COc1ccc(CNC(=O)CNC(=O)c2cc(C)nn2C)cc1OC. The molecule has 8 heteroatoms. The standard InChI is InChI=1S/C17H22N4O4/c1-11-7-13(21(2)20-11)17(23)19-10-16(22)18-9-12-5-6-14(24-3)15(8-12)25-4/h5-8H,9-10H2,1-4H3,(H,18,22)(H,19,23). The first-order valence-electron chi connectivity index (χ1n) is 7.71. The van der Waals surface area contributed by atoms with Crippen LogP contribution >= 0.6 is 0 Å². The van der Waals surface area contributed by atoms with Crippen LogP contribution in [-0.4, -0.2) is 42.4 Å². The van der Waals surface area contributed by atoms with Gasteiger partial charge < -0.3 is 20.1 Å². The minimum Gasteiger partial charge on any atom is -0.493 e. The van der Waals surface area contributed by atoms with Crippen LogP contribution in [0.1, 0.15) is 21.7 Å². The molecule has 2 rings (SSSR count). The van der Waals surface area contributed by atoms with Crippen molar-refractivity contribution in [2.24, 2.45) is 7.05 Å². The largest absolute Gasteiger partial charge is 0.493 e. The zero-order valence-corrected chi connectivity index (χ0v) is 14.8. The molecule has 0 aliphatic carbocycles. The Labute approximate surface area is 146 Å². The molecular formula is C17H22N4O4. The second-order valence-electron chi connectivity index (χ2n) is 5.44. The van der Waals surface area contributed by atoms with E-state index in [9.17, 15) is 9.59 Å². The fraction of sp³-hybridized carbons (Fsp3) is 0.353. The molecule has 2 amide bonds. The number of amides is 2. The van der Waals surface area contributed by atoms with Gasteiger partial charge in [0.25, 0.3) is 5.91 Å². The second kappa shape index (κ2) is 8.18. The number of hydrogen-bond acceptors (Lipinski definition) is 5. The van der Waals surface area contributed by atoms with Gasteiger partial charge in [-0.2, -0.15) is 5.10 Å². The molecule has 8 nitrogen and oxygen atoms in total. The number of hydrogen-bond donors (Lipinski definition) is 2. The van der Waals surface area contributed by atoms with Crippen LogP contribution in [0.25, 0.3) is 0 Å². The molecule has 0 bridgehead atoms. The van der Waals surface area contributed by atoms with Crippen LogP contribution < -0.4 is 20.1 Å². The summed E-state index contributed by atoms with van der Waals surface area (Å²) in [6.07, 6.45) is 0. The average molecular weight is 346 g/mol. The number of methoxy groups -OCH3 is 2. The monoisotopic (exact) mass is 346 g/mol. The highest BCUT2D eigenvalue weighted by molar-refractivity contribution is 5.95. The number of nitrogens with zero attached hydrogens (tertiary/aromatic N) is 2. The van der Waals surface area contributed by atoms with Crippen molar-refractivity contribution in [3.63, 3.8) is 0 Å². The number of carbonyl (C=O) groups excluding carboxylic acids is 2. The molecule has 1 aromatic carbocycles. The zero-order valence-electron chi connectivity index (χ0n) is 14.8. The van der Waals surface area contributed by atoms with E-state index < -0.39 is 0 Å². The van der Waals surface area contributed by atoms with E-state index in [4.69, 9.17) is 9.47 Å². The molecule has 0 atom stereocenters. The number of benzene rings is 1. The molecule has 0 aliphatic heterocycles. The lowest BCUT2D eigenvalue weighted by Crippen LogP contribution is -2.37. The van der Waals surface area contributed by atoms with Gasteiger partial charge in [-0.25, -0.2) is 0 Å². The number of ether oxygens (including phenoxy) is 2. The van der Waals surface area contributed by atoms with Crippen molar-refractivity contribution in [3.8, 4) is 11.5 Å². The predicted octanol–water partition coefficient (Wildman–Crippen LogP) is 0.792. The van der Waals surface area contributed by atoms with Crippen LogP contribution in [0.2, 0.25) is 0 Å². The van der Waals surface area contributed by atoms with Crippen molar-refractivity contribution in [2.75, 3.05) is 20.8 Å². The third-order valence-electron chi connectivity index (χ3n) is 3.58. The van der Waals surface area contributed by atoms with Gasteiger partial charge in [-0.3, -0.25) is 14.3 Å². The molecule has 0 saturated carbocycles. The Kier molecular flexibility index (Phi) is 5.99. The van der Waals surface area contributed by atoms with Crippen molar-refractivity contribution in [1.82, 2.24) is 20.4 Å². The second-order valence-corrected chi connectivity index (χ2v) is 5.44. The van der Waals surface area contributed by atoms with Crippen LogP contribution in [0.5, 0.6) is 11.5 Å². The summed E-state index contributed by atoms with van der Waals surface area (Å²) < 4.78 is 11.9. The van der Waals surface area contributed by atoms with Crippen molar-refractivity contribution >= 4 is 11.8 Å². The molecular weight excluding hydrogens is 324 g/mol. The van der Waals surface area contributed by atoms with Gasteiger partial charge in [0.05, 0.1) is 26.5 Å². The molecule has 2 N–H and O–H groups in total. The van der Waals surface area contributed by atoms with Crippen molar-refractivity contribution in [3.05, 3.63) is 41.2 Å². The molecule has 134 valence electrons. The fourth-order valence-corrected chi connectivity index (χ4v) is 2.33. The quantitative estimate of drug-likeness (QED) is 0.773. The summed E-state index contributed by atoms with van der Waals surface area (Å²) in [6, 6.07) is 7.05. The molecule has 1 heterocycles. The van der Waals surface area contributed by atoms with Gasteiger partial charge in [-0.05, 0) is 30.7 Å². The minimum absolute atomic E-state index is 0.115. The van der Waals surface area contributed by atoms with Crippen LogP contribution in [0.15, 0.2) is 24.3 Å². The first kappa shape index (κ1) is 18.3. The maximum atomic E-state index is 12.0. The zero-order chi connectivity index (χ0) is 18.4. The van der Waals surface area contributed by atoms with Crippen LogP contribution in [0, 0.1) is 6.92 Å². The van der Waals surface area contributed by atoms with Gasteiger partial charge >= 0.3 is 0 Å². The van der Waals surface area contributed by atoms with Crippen LogP contribution in [0.3, 0.4) is 0 Å².